The number of benzene rings is 3. The van der Waals surface area contributed by atoms with E-state index < -0.39 is 0 Å². The van der Waals surface area contributed by atoms with Crippen molar-refractivity contribution in [2.75, 3.05) is 24.3 Å². The normalized spacial score (nSPS) is 16.8. The van der Waals surface area contributed by atoms with Crippen molar-refractivity contribution in [3.05, 3.63) is 95.1 Å². The maximum absolute atomic E-state index is 12.7. The standard InChI is InChI=1S/C28H29N5O/c1-18-9-14-24-23(15-18)26(32-28(31-24)33(2)3)29-17-19-10-12-21(13-11-19)27(34)30-25-16-22(25)20-7-5-4-6-8-20/h4-15,22,25H,16-17H2,1-3H3,(H,30,34)(H,29,31,32)/t22-,25+/m1/s1. The number of amides is 1. The van der Waals surface area contributed by atoms with E-state index in [2.05, 4.69) is 46.8 Å². The van der Waals surface area contributed by atoms with E-state index in [0.29, 0.717) is 24.0 Å². The van der Waals surface area contributed by atoms with Gasteiger partial charge in [0, 0.05) is 43.5 Å². The Morgan fingerprint density at radius 1 is 1.00 bits per heavy atom. The summed E-state index contributed by atoms with van der Waals surface area (Å²) >= 11 is 0. The Hall–Kier alpha value is -3.93. The van der Waals surface area contributed by atoms with Gasteiger partial charge in [0.15, 0.2) is 0 Å². The predicted molar refractivity (Wildman–Crippen MR) is 137 cm³/mol. The van der Waals surface area contributed by atoms with E-state index in [9.17, 15) is 4.79 Å². The largest absolute Gasteiger partial charge is 0.365 e. The van der Waals surface area contributed by atoms with Crippen molar-refractivity contribution in [2.24, 2.45) is 0 Å². The van der Waals surface area contributed by atoms with Crippen molar-refractivity contribution in [2.45, 2.75) is 31.8 Å². The predicted octanol–water partition coefficient (Wildman–Crippen LogP) is 4.90. The van der Waals surface area contributed by atoms with E-state index in [1.54, 1.807) is 0 Å². The molecule has 1 aromatic heterocycles. The lowest BCUT2D eigenvalue weighted by Crippen LogP contribution is -2.26. The Morgan fingerprint density at radius 2 is 1.76 bits per heavy atom. The van der Waals surface area contributed by atoms with Gasteiger partial charge < -0.3 is 15.5 Å². The fraction of sp³-hybridized carbons (Fsp3) is 0.250. The van der Waals surface area contributed by atoms with Crippen LogP contribution < -0.4 is 15.5 Å². The summed E-state index contributed by atoms with van der Waals surface area (Å²) in [4.78, 5) is 24.0. The minimum absolute atomic E-state index is 0.0177. The molecule has 6 nitrogen and oxygen atoms in total. The van der Waals surface area contributed by atoms with E-state index in [-0.39, 0.29) is 11.9 Å². The van der Waals surface area contributed by atoms with E-state index in [4.69, 9.17) is 4.98 Å². The summed E-state index contributed by atoms with van der Waals surface area (Å²) in [5.41, 5.74) is 5.13. The van der Waals surface area contributed by atoms with Gasteiger partial charge in [0.1, 0.15) is 5.82 Å². The van der Waals surface area contributed by atoms with Crippen molar-refractivity contribution in [1.29, 1.82) is 0 Å². The lowest BCUT2D eigenvalue weighted by molar-refractivity contribution is 0.0950. The van der Waals surface area contributed by atoms with Gasteiger partial charge in [-0.25, -0.2) is 4.98 Å². The topological polar surface area (TPSA) is 70.2 Å². The van der Waals surface area contributed by atoms with Crippen LogP contribution in [-0.2, 0) is 6.54 Å². The molecule has 6 heteroatoms. The molecule has 34 heavy (non-hydrogen) atoms. The Kier molecular flexibility index (Phi) is 5.88. The Bertz CT molecular complexity index is 1320. The van der Waals surface area contributed by atoms with Crippen LogP contribution in [0.4, 0.5) is 11.8 Å². The zero-order valence-corrected chi connectivity index (χ0v) is 19.7. The molecule has 0 bridgehead atoms. The summed E-state index contributed by atoms with van der Waals surface area (Å²) in [6.45, 7) is 2.67. The summed E-state index contributed by atoms with van der Waals surface area (Å²) in [6, 6.07) is 24.5. The van der Waals surface area contributed by atoms with Gasteiger partial charge in [0.05, 0.1) is 5.52 Å². The number of fused-ring (bicyclic) bond motifs is 1. The molecule has 1 aliphatic rings. The highest BCUT2D eigenvalue weighted by atomic mass is 16.1. The van der Waals surface area contributed by atoms with Crippen LogP contribution in [0.5, 0.6) is 0 Å². The van der Waals surface area contributed by atoms with Gasteiger partial charge >= 0.3 is 0 Å². The summed E-state index contributed by atoms with van der Waals surface area (Å²) < 4.78 is 0. The van der Waals surface area contributed by atoms with Gasteiger partial charge in [0.2, 0.25) is 5.95 Å². The quantitative estimate of drug-likeness (QED) is 0.418. The van der Waals surface area contributed by atoms with Gasteiger partial charge in [-0.2, -0.15) is 4.98 Å². The first-order chi connectivity index (χ1) is 16.5. The molecule has 3 aromatic carbocycles. The van der Waals surface area contributed by atoms with E-state index in [1.165, 1.54) is 5.56 Å². The first-order valence-electron chi connectivity index (χ1n) is 11.6. The number of hydrogen-bond acceptors (Lipinski definition) is 5. The lowest BCUT2D eigenvalue weighted by Gasteiger charge is -2.15. The molecule has 0 aliphatic heterocycles. The molecule has 1 fully saturated rings. The number of hydrogen-bond donors (Lipinski definition) is 2. The number of aromatic nitrogens is 2. The molecule has 1 heterocycles. The van der Waals surface area contributed by atoms with Gasteiger partial charge in [0.25, 0.3) is 5.91 Å². The van der Waals surface area contributed by atoms with Crippen molar-refractivity contribution < 1.29 is 4.79 Å². The fourth-order valence-electron chi connectivity index (χ4n) is 4.20. The molecule has 0 spiro atoms. The molecule has 4 aromatic rings. The van der Waals surface area contributed by atoms with Crippen LogP contribution >= 0.6 is 0 Å². The SMILES string of the molecule is Cc1ccc2nc(N(C)C)nc(NCc3ccc(C(=O)N[C@H]4C[C@@H]4c4ccccc4)cc3)c2c1. The molecule has 0 unspecified atom stereocenters. The smallest absolute Gasteiger partial charge is 0.251 e. The first kappa shape index (κ1) is 21.9. The van der Waals surface area contributed by atoms with Crippen molar-refractivity contribution in [1.82, 2.24) is 15.3 Å². The maximum Gasteiger partial charge on any atom is 0.251 e. The zero-order chi connectivity index (χ0) is 23.7. The summed E-state index contributed by atoms with van der Waals surface area (Å²) in [7, 11) is 3.87. The van der Waals surface area contributed by atoms with Crippen LogP contribution in [0.3, 0.4) is 0 Å². The molecular weight excluding hydrogens is 422 g/mol. The minimum Gasteiger partial charge on any atom is -0.365 e. The van der Waals surface area contributed by atoms with Crippen LogP contribution in [0.1, 0.15) is 39.4 Å². The van der Waals surface area contributed by atoms with E-state index >= 15 is 0 Å². The van der Waals surface area contributed by atoms with Crippen LogP contribution in [-0.4, -0.2) is 36.0 Å². The zero-order valence-electron chi connectivity index (χ0n) is 19.7. The number of rotatable bonds is 7. The molecule has 0 saturated heterocycles. The van der Waals surface area contributed by atoms with E-state index in [0.717, 1.165) is 34.3 Å². The molecular formula is C28H29N5O. The highest BCUT2D eigenvalue weighted by Crippen LogP contribution is 2.40. The molecule has 2 atom stereocenters. The second-order valence-corrected chi connectivity index (χ2v) is 9.17. The molecule has 1 saturated carbocycles. The second kappa shape index (κ2) is 9.14. The van der Waals surface area contributed by atoms with E-state index in [1.807, 2.05) is 67.5 Å². The third-order valence-electron chi connectivity index (χ3n) is 6.25. The third kappa shape index (κ3) is 4.71. The van der Waals surface area contributed by atoms with Gasteiger partial charge in [-0.15, -0.1) is 0 Å². The minimum atomic E-state index is -0.0177. The van der Waals surface area contributed by atoms with Gasteiger partial charge in [-0.3, -0.25) is 4.79 Å². The number of nitrogens with zero attached hydrogens (tertiary/aromatic N) is 3. The summed E-state index contributed by atoms with van der Waals surface area (Å²) in [6.07, 6.45) is 0.999. The van der Waals surface area contributed by atoms with Crippen molar-refractivity contribution in [3.63, 3.8) is 0 Å². The third-order valence-corrected chi connectivity index (χ3v) is 6.25. The molecule has 1 amide bonds. The second-order valence-electron chi connectivity index (χ2n) is 9.17. The number of anilines is 2. The molecule has 0 radical (unpaired) electrons. The number of aryl methyl sites for hydroxylation is 1. The van der Waals surface area contributed by atoms with Crippen LogP contribution in [0.2, 0.25) is 0 Å². The van der Waals surface area contributed by atoms with Crippen molar-refractivity contribution >= 4 is 28.6 Å². The van der Waals surface area contributed by atoms with Crippen LogP contribution in [0.25, 0.3) is 10.9 Å². The first-order valence-corrected chi connectivity index (χ1v) is 11.6. The molecule has 5 rings (SSSR count). The van der Waals surface area contributed by atoms with Crippen molar-refractivity contribution in [3.8, 4) is 0 Å². The molecule has 2 N–H and O–H groups in total. The van der Waals surface area contributed by atoms with Crippen LogP contribution in [0, 0.1) is 6.92 Å². The number of carbonyl (C=O) groups excluding carboxylic acids is 1. The highest BCUT2D eigenvalue weighted by Gasteiger charge is 2.39. The Labute approximate surface area is 200 Å². The average molecular weight is 452 g/mol. The maximum atomic E-state index is 12.7. The Morgan fingerprint density at radius 3 is 2.50 bits per heavy atom. The van der Waals surface area contributed by atoms with Crippen LogP contribution in [0.15, 0.2) is 72.8 Å². The number of carbonyl (C=O) groups is 1. The lowest BCUT2D eigenvalue weighted by atomic mass is 10.1. The van der Waals surface area contributed by atoms with Gasteiger partial charge in [-0.05, 0) is 48.7 Å². The number of nitrogens with one attached hydrogen (secondary N) is 2. The molecule has 172 valence electrons. The highest BCUT2D eigenvalue weighted by molar-refractivity contribution is 5.94. The fourth-order valence-corrected chi connectivity index (χ4v) is 4.20. The Balaban J connectivity index is 1.24. The molecule has 1 aliphatic carbocycles. The summed E-state index contributed by atoms with van der Waals surface area (Å²) in [5.74, 6) is 1.88. The monoisotopic (exact) mass is 451 g/mol. The summed E-state index contributed by atoms with van der Waals surface area (Å²) in [5, 5.41) is 7.62. The van der Waals surface area contributed by atoms with Gasteiger partial charge in [-0.1, -0.05) is 54.1 Å². The average Bonchev–Trinajstić information content (AvgIpc) is 3.62.